The molecule has 0 N–H and O–H groups in total. The van der Waals surface area contributed by atoms with Crippen molar-refractivity contribution < 1.29 is 9.18 Å². The molecule has 1 saturated heterocycles. The molecule has 0 saturated carbocycles. The molecule has 0 aliphatic carbocycles. The lowest BCUT2D eigenvalue weighted by atomic mass is 10.1. The van der Waals surface area contributed by atoms with Crippen molar-refractivity contribution in [2.75, 3.05) is 38.1 Å². The average Bonchev–Trinajstić information content (AvgIpc) is 2.67. The van der Waals surface area contributed by atoms with Crippen LogP contribution in [0.3, 0.4) is 0 Å². The second-order valence-electron chi connectivity index (χ2n) is 6.27. The molecule has 2 heterocycles. The normalized spacial score (nSPS) is 16.5. The van der Waals surface area contributed by atoms with Crippen molar-refractivity contribution in [2.24, 2.45) is 0 Å². The van der Waals surface area contributed by atoms with Crippen LogP contribution >= 0.6 is 0 Å². The van der Waals surface area contributed by atoms with Crippen LogP contribution in [0.2, 0.25) is 0 Å². The van der Waals surface area contributed by atoms with E-state index in [4.69, 9.17) is 0 Å². The SMILES string of the molecule is C[C@@H](c1ccccn1)N1CCN(C(=O)N(C)c2ccc(F)cc2)CC1. The van der Waals surface area contributed by atoms with E-state index in [1.165, 1.54) is 12.1 Å². The molecular weight excluding hydrogens is 319 g/mol. The van der Waals surface area contributed by atoms with Crippen LogP contribution in [-0.2, 0) is 0 Å². The van der Waals surface area contributed by atoms with Crippen LogP contribution in [0.15, 0.2) is 48.7 Å². The molecule has 132 valence electrons. The van der Waals surface area contributed by atoms with Gasteiger partial charge in [-0.05, 0) is 43.3 Å². The highest BCUT2D eigenvalue weighted by atomic mass is 19.1. The van der Waals surface area contributed by atoms with E-state index >= 15 is 0 Å². The lowest BCUT2D eigenvalue weighted by Crippen LogP contribution is -2.52. The van der Waals surface area contributed by atoms with Crippen LogP contribution in [0, 0.1) is 5.82 Å². The third-order valence-corrected chi connectivity index (χ3v) is 4.75. The number of urea groups is 1. The number of amides is 2. The highest BCUT2D eigenvalue weighted by molar-refractivity contribution is 5.91. The molecule has 2 aromatic rings. The number of hydrogen-bond donors (Lipinski definition) is 0. The number of nitrogens with zero attached hydrogens (tertiary/aromatic N) is 4. The number of benzene rings is 1. The largest absolute Gasteiger partial charge is 0.324 e. The number of halogens is 1. The molecule has 6 heteroatoms. The molecule has 0 radical (unpaired) electrons. The van der Waals surface area contributed by atoms with Gasteiger partial charge in [0.2, 0.25) is 0 Å². The van der Waals surface area contributed by atoms with Crippen LogP contribution in [0.1, 0.15) is 18.7 Å². The number of anilines is 1. The lowest BCUT2D eigenvalue weighted by Gasteiger charge is -2.39. The van der Waals surface area contributed by atoms with Crippen molar-refractivity contribution in [3.05, 3.63) is 60.2 Å². The van der Waals surface area contributed by atoms with E-state index in [-0.39, 0.29) is 17.9 Å². The Bertz CT molecular complexity index is 699. The predicted molar refractivity (Wildman–Crippen MR) is 96.0 cm³/mol. The van der Waals surface area contributed by atoms with Gasteiger partial charge < -0.3 is 4.90 Å². The molecule has 1 aliphatic rings. The van der Waals surface area contributed by atoms with Gasteiger partial charge in [0.15, 0.2) is 0 Å². The maximum Gasteiger partial charge on any atom is 0.324 e. The highest BCUT2D eigenvalue weighted by Crippen LogP contribution is 2.21. The van der Waals surface area contributed by atoms with Crippen LogP contribution in [0.5, 0.6) is 0 Å². The first kappa shape index (κ1) is 17.4. The van der Waals surface area contributed by atoms with Crippen molar-refractivity contribution in [3.63, 3.8) is 0 Å². The van der Waals surface area contributed by atoms with Gasteiger partial charge in [-0.1, -0.05) is 6.07 Å². The quantitative estimate of drug-likeness (QED) is 0.860. The third kappa shape index (κ3) is 3.96. The summed E-state index contributed by atoms with van der Waals surface area (Å²) >= 11 is 0. The zero-order chi connectivity index (χ0) is 17.8. The summed E-state index contributed by atoms with van der Waals surface area (Å²) in [5.74, 6) is -0.304. The number of aromatic nitrogens is 1. The van der Waals surface area contributed by atoms with Gasteiger partial charge in [0.05, 0.1) is 5.69 Å². The van der Waals surface area contributed by atoms with E-state index < -0.39 is 0 Å². The monoisotopic (exact) mass is 342 g/mol. The summed E-state index contributed by atoms with van der Waals surface area (Å²) in [6.45, 7) is 5.09. The van der Waals surface area contributed by atoms with Crippen LogP contribution in [0.25, 0.3) is 0 Å². The summed E-state index contributed by atoms with van der Waals surface area (Å²) in [5.41, 5.74) is 1.74. The summed E-state index contributed by atoms with van der Waals surface area (Å²) in [7, 11) is 1.72. The Morgan fingerprint density at radius 1 is 1.12 bits per heavy atom. The molecule has 25 heavy (non-hydrogen) atoms. The minimum Gasteiger partial charge on any atom is -0.322 e. The summed E-state index contributed by atoms with van der Waals surface area (Å²) in [6, 6.07) is 12.1. The molecule has 1 fully saturated rings. The molecule has 3 rings (SSSR count). The Kier molecular flexibility index (Phi) is 5.28. The van der Waals surface area contributed by atoms with Crippen LogP contribution in [-0.4, -0.2) is 54.0 Å². The minimum absolute atomic E-state index is 0.0586. The van der Waals surface area contributed by atoms with E-state index in [1.54, 1.807) is 24.1 Å². The first-order valence-corrected chi connectivity index (χ1v) is 8.49. The highest BCUT2D eigenvalue weighted by Gasteiger charge is 2.27. The zero-order valence-electron chi connectivity index (χ0n) is 14.6. The Labute approximate surface area is 147 Å². The summed E-state index contributed by atoms with van der Waals surface area (Å²) in [6.07, 6.45) is 1.81. The Hall–Kier alpha value is -2.47. The van der Waals surface area contributed by atoms with Gasteiger partial charge in [0.25, 0.3) is 0 Å². The predicted octanol–water partition coefficient (Wildman–Crippen LogP) is 3.16. The third-order valence-electron chi connectivity index (χ3n) is 4.75. The van der Waals surface area contributed by atoms with Gasteiger partial charge in [-0.3, -0.25) is 14.8 Å². The van der Waals surface area contributed by atoms with Crippen molar-refractivity contribution in [1.82, 2.24) is 14.8 Å². The lowest BCUT2D eigenvalue weighted by molar-refractivity contribution is 0.116. The first-order chi connectivity index (χ1) is 12.1. The topological polar surface area (TPSA) is 39.7 Å². The average molecular weight is 342 g/mol. The molecule has 2 amide bonds. The maximum absolute atomic E-state index is 13.0. The molecule has 0 bridgehead atoms. The Morgan fingerprint density at radius 2 is 1.80 bits per heavy atom. The van der Waals surface area contributed by atoms with E-state index in [0.717, 1.165) is 18.8 Å². The molecule has 1 aromatic heterocycles. The van der Waals surface area contributed by atoms with Gasteiger partial charge in [0.1, 0.15) is 5.82 Å². The van der Waals surface area contributed by atoms with E-state index in [9.17, 15) is 9.18 Å². The van der Waals surface area contributed by atoms with E-state index in [1.807, 2.05) is 29.3 Å². The second kappa shape index (κ2) is 7.61. The number of piperazine rings is 1. The van der Waals surface area contributed by atoms with Gasteiger partial charge in [-0.2, -0.15) is 0 Å². The van der Waals surface area contributed by atoms with Gasteiger partial charge in [0, 0.05) is 51.2 Å². The standard InChI is InChI=1S/C19H23FN4O/c1-15(18-5-3-4-10-21-18)23-11-13-24(14-12-23)19(25)22(2)17-8-6-16(20)7-9-17/h3-10,15H,11-14H2,1-2H3/t15-/m0/s1. The summed E-state index contributed by atoms with van der Waals surface area (Å²) in [5, 5.41) is 0. The van der Waals surface area contributed by atoms with Crippen LogP contribution in [0.4, 0.5) is 14.9 Å². The minimum atomic E-state index is -0.304. The number of pyridine rings is 1. The van der Waals surface area contributed by atoms with E-state index in [2.05, 4.69) is 16.8 Å². The first-order valence-electron chi connectivity index (χ1n) is 8.49. The smallest absolute Gasteiger partial charge is 0.322 e. The fourth-order valence-electron chi connectivity index (χ4n) is 3.10. The number of rotatable bonds is 3. The van der Waals surface area contributed by atoms with Gasteiger partial charge in [-0.25, -0.2) is 9.18 Å². The number of carbonyl (C=O) groups excluding carboxylic acids is 1. The molecule has 1 aliphatic heterocycles. The van der Waals surface area contributed by atoms with Gasteiger partial charge >= 0.3 is 6.03 Å². The fourth-order valence-corrected chi connectivity index (χ4v) is 3.10. The van der Waals surface area contributed by atoms with Crippen molar-refractivity contribution in [1.29, 1.82) is 0 Å². The maximum atomic E-state index is 13.0. The molecular formula is C19H23FN4O. The number of carbonyl (C=O) groups is 1. The molecule has 0 spiro atoms. The summed E-state index contributed by atoms with van der Waals surface area (Å²) < 4.78 is 13.0. The molecule has 1 aromatic carbocycles. The number of hydrogen-bond acceptors (Lipinski definition) is 3. The molecule has 1 atom stereocenters. The fraction of sp³-hybridized carbons (Fsp3) is 0.368. The van der Waals surface area contributed by atoms with Crippen molar-refractivity contribution in [3.8, 4) is 0 Å². The molecule has 5 nitrogen and oxygen atoms in total. The molecule has 0 unspecified atom stereocenters. The summed E-state index contributed by atoms with van der Waals surface area (Å²) in [4.78, 5) is 22.8. The van der Waals surface area contributed by atoms with Crippen molar-refractivity contribution >= 4 is 11.7 Å². The Balaban J connectivity index is 1.58. The second-order valence-corrected chi connectivity index (χ2v) is 6.27. The van der Waals surface area contributed by atoms with E-state index in [0.29, 0.717) is 18.8 Å². The van der Waals surface area contributed by atoms with Crippen molar-refractivity contribution in [2.45, 2.75) is 13.0 Å². The Morgan fingerprint density at radius 3 is 2.40 bits per heavy atom. The van der Waals surface area contributed by atoms with Gasteiger partial charge in [-0.15, -0.1) is 0 Å². The zero-order valence-corrected chi connectivity index (χ0v) is 14.6. The van der Waals surface area contributed by atoms with Crippen LogP contribution < -0.4 is 4.90 Å².